The highest BCUT2D eigenvalue weighted by Gasteiger charge is 2.17. The van der Waals surface area contributed by atoms with Crippen molar-refractivity contribution in [2.45, 2.75) is 18.6 Å². The Hall–Kier alpha value is -0.680. The number of nitrogens with two attached hydrogens (primary N) is 1. The number of rotatable bonds is 4. The maximum absolute atomic E-state index is 11.9. The second-order valence-corrected chi connectivity index (χ2v) is 6.75. The molecule has 1 aromatic carbocycles. The van der Waals surface area contributed by atoms with Crippen molar-refractivity contribution in [2.75, 3.05) is 18.5 Å². The van der Waals surface area contributed by atoms with Crippen LogP contribution < -0.4 is 11.1 Å². The number of carbonyl (C=O) groups is 1. The van der Waals surface area contributed by atoms with Crippen LogP contribution in [-0.2, 0) is 0 Å². The first-order valence-electron chi connectivity index (χ1n) is 5.24. The van der Waals surface area contributed by atoms with Gasteiger partial charge in [0.15, 0.2) is 0 Å². The Bertz CT molecular complexity index is 421. The van der Waals surface area contributed by atoms with Crippen molar-refractivity contribution < 1.29 is 4.79 Å². The minimum absolute atomic E-state index is 0.0424. The summed E-state index contributed by atoms with van der Waals surface area (Å²) in [4.78, 5) is 11.9. The van der Waals surface area contributed by atoms with Gasteiger partial charge in [0, 0.05) is 27.0 Å². The molecule has 0 unspecified atom stereocenters. The van der Waals surface area contributed by atoms with Crippen molar-refractivity contribution in [1.29, 1.82) is 0 Å². The number of hydrogen-bond acceptors (Lipinski definition) is 3. The molecule has 1 rings (SSSR count). The van der Waals surface area contributed by atoms with Crippen molar-refractivity contribution in [3.63, 3.8) is 0 Å². The zero-order valence-corrected chi connectivity index (χ0v) is 12.6. The molecular formula is C12H17BrN2OS. The smallest absolute Gasteiger partial charge is 0.251 e. The van der Waals surface area contributed by atoms with Gasteiger partial charge in [-0.3, -0.25) is 4.79 Å². The number of halogens is 1. The molecule has 0 aliphatic carbocycles. The summed E-state index contributed by atoms with van der Waals surface area (Å²) < 4.78 is 0.787. The molecule has 0 aromatic heterocycles. The lowest BCUT2D eigenvalue weighted by molar-refractivity contribution is 0.0951. The minimum Gasteiger partial charge on any atom is -0.398 e. The standard InChI is InChI=1S/C12H17BrN2OS/c1-12(2,17-3)7-15-11(16)8-4-5-10(14)9(13)6-8/h4-6H,7,14H2,1-3H3,(H,15,16). The fraction of sp³-hybridized carbons (Fsp3) is 0.417. The normalized spacial score (nSPS) is 11.3. The molecule has 1 aromatic rings. The van der Waals surface area contributed by atoms with Gasteiger partial charge < -0.3 is 11.1 Å². The van der Waals surface area contributed by atoms with E-state index in [4.69, 9.17) is 5.73 Å². The third kappa shape index (κ3) is 4.24. The largest absolute Gasteiger partial charge is 0.398 e. The van der Waals surface area contributed by atoms with E-state index in [0.717, 1.165) is 4.47 Å². The number of thioether (sulfide) groups is 1. The van der Waals surface area contributed by atoms with E-state index in [2.05, 4.69) is 35.1 Å². The van der Waals surface area contributed by atoms with Gasteiger partial charge in [0.1, 0.15) is 0 Å². The zero-order chi connectivity index (χ0) is 13.1. The van der Waals surface area contributed by atoms with Crippen LogP contribution in [0.15, 0.2) is 22.7 Å². The van der Waals surface area contributed by atoms with E-state index in [1.54, 1.807) is 30.0 Å². The maximum atomic E-state index is 11.9. The zero-order valence-electron chi connectivity index (χ0n) is 10.2. The van der Waals surface area contributed by atoms with Crippen molar-refractivity contribution >= 4 is 39.3 Å². The molecule has 3 N–H and O–H groups in total. The van der Waals surface area contributed by atoms with E-state index >= 15 is 0 Å². The van der Waals surface area contributed by atoms with Crippen molar-refractivity contribution in [3.8, 4) is 0 Å². The summed E-state index contributed by atoms with van der Waals surface area (Å²) in [5.41, 5.74) is 6.92. The average Bonchev–Trinajstić information content (AvgIpc) is 2.30. The Labute approximate surface area is 115 Å². The molecule has 0 saturated carbocycles. The van der Waals surface area contributed by atoms with Gasteiger partial charge >= 0.3 is 0 Å². The van der Waals surface area contributed by atoms with Gasteiger partial charge in [0.05, 0.1) is 0 Å². The Morgan fingerprint density at radius 1 is 1.53 bits per heavy atom. The van der Waals surface area contributed by atoms with Crippen molar-refractivity contribution in [2.24, 2.45) is 0 Å². The van der Waals surface area contributed by atoms with Crippen LogP contribution in [-0.4, -0.2) is 23.5 Å². The first-order valence-corrected chi connectivity index (χ1v) is 7.26. The van der Waals surface area contributed by atoms with Crippen LogP contribution in [0.4, 0.5) is 5.69 Å². The number of nitrogen functional groups attached to an aromatic ring is 1. The number of benzene rings is 1. The Morgan fingerprint density at radius 2 is 2.18 bits per heavy atom. The molecule has 1 amide bonds. The summed E-state index contributed by atoms with van der Waals surface area (Å²) in [5.74, 6) is -0.0761. The summed E-state index contributed by atoms with van der Waals surface area (Å²) in [6, 6.07) is 5.18. The molecule has 94 valence electrons. The molecule has 3 nitrogen and oxygen atoms in total. The van der Waals surface area contributed by atoms with E-state index in [1.165, 1.54) is 0 Å². The summed E-state index contributed by atoms with van der Waals surface area (Å²) in [7, 11) is 0. The Balaban J connectivity index is 2.68. The average molecular weight is 317 g/mol. The van der Waals surface area contributed by atoms with Crippen LogP contribution in [0.3, 0.4) is 0 Å². The molecule has 0 heterocycles. The lowest BCUT2D eigenvalue weighted by Crippen LogP contribution is -2.36. The first-order chi connectivity index (χ1) is 7.85. The predicted molar refractivity (Wildman–Crippen MR) is 78.5 cm³/mol. The second-order valence-electron chi connectivity index (χ2n) is 4.38. The fourth-order valence-electron chi connectivity index (χ4n) is 1.14. The molecule has 0 aliphatic heterocycles. The number of amides is 1. The summed E-state index contributed by atoms with van der Waals surface area (Å²) in [6.07, 6.45) is 2.03. The maximum Gasteiger partial charge on any atom is 0.251 e. The van der Waals surface area contributed by atoms with Gasteiger partial charge in [-0.25, -0.2) is 0 Å². The van der Waals surface area contributed by atoms with Crippen LogP contribution in [0.1, 0.15) is 24.2 Å². The minimum atomic E-state index is -0.0761. The van der Waals surface area contributed by atoms with Gasteiger partial charge in [-0.15, -0.1) is 0 Å². The van der Waals surface area contributed by atoms with Crippen LogP contribution >= 0.6 is 27.7 Å². The SMILES string of the molecule is CSC(C)(C)CNC(=O)c1ccc(N)c(Br)c1. The van der Waals surface area contributed by atoms with Gasteiger partial charge in [-0.05, 0) is 54.2 Å². The molecule has 0 atom stereocenters. The summed E-state index contributed by atoms with van der Waals surface area (Å²) in [6.45, 7) is 4.82. The number of nitrogens with one attached hydrogen (secondary N) is 1. The van der Waals surface area contributed by atoms with Crippen LogP contribution in [0.5, 0.6) is 0 Å². The molecule has 0 spiro atoms. The lowest BCUT2D eigenvalue weighted by atomic mass is 10.1. The molecule has 17 heavy (non-hydrogen) atoms. The number of hydrogen-bond donors (Lipinski definition) is 2. The van der Waals surface area contributed by atoms with Gasteiger partial charge in [-0.2, -0.15) is 11.8 Å². The van der Waals surface area contributed by atoms with E-state index < -0.39 is 0 Å². The quantitative estimate of drug-likeness (QED) is 0.840. The Kier molecular flexibility index (Phi) is 4.89. The molecule has 5 heteroatoms. The van der Waals surface area contributed by atoms with Gasteiger partial charge in [-0.1, -0.05) is 0 Å². The van der Waals surface area contributed by atoms with E-state index in [1.807, 2.05) is 6.26 Å². The first kappa shape index (κ1) is 14.4. The second kappa shape index (κ2) is 5.78. The third-order valence-electron chi connectivity index (χ3n) is 2.49. The Morgan fingerprint density at radius 3 is 2.71 bits per heavy atom. The molecule has 0 bridgehead atoms. The molecule has 0 radical (unpaired) electrons. The molecule has 0 aliphatic rings. The van der Waals surface area contributed by atoms with E-state index in [9.17, 15) is 4.79 Å². The molecule has 0 saturated heterocycles. The number of carbonyl (C=O) groups excluding carboxylic acids is 1. The van der Waals surface area contributed by atoms with Crippen LogP contribution in [0, 0.1) is 0 Å². The number of anilines is 1. The van der Waals surface area contributed by atoms with E-state index in [-0.39, 0.29) is 10.7 Å². The monoisotopic (exact) mass is 316 g/mol. The highest BCUT2D eigenvalue weighted by atomic mass is 79.9. The van der Waals surface area contributed by atoms with Crippen LogP contribution in [0.2, 0.25) is 0 Å². The van der Waals surface area contributed by atoms with Gasteiger partial charge in [0.2, 0.25) is 0 Å². The lowest BCUT2D eigenvalue weighted by Gasteiger charge is -2.22. The van der Waals surface area contributed by atoms with Crippen molar-refractivity contribution in [3.05, 3.63) is 28.2 Å². The highest BCUT2D eigenvalue weighted by Crippen LogP contribution is 2.22. The molecule has 0 fully saturated rings. The predicted octanol–water partition coefficient (Wildman–Crippen LogP) is 2.90. The van der Waals surface area contributed by atoms with Crippen molar-refractivity contribution in [1.82, 2.24) is 5.32 Å². The topological polar surface area (TPSA) is 55.1 Å². The van der Waals surface area contributed by atoms with Crippen LogP contribution in [0.25, 0.3) is 0 Å². The highest BCUT2D eigenvalue weighted by molar-refractivity contribution is 9.10. The third-order valence-corrected chi connectivity index (χ3v) is 4.43. The van der Waals surface area contributed by atoms with E-state index in [0.29, 0.717) is 17.8 Å². The summed E-state index contributed by atoms with van der Waals surface area (Å²) >= 11 is 5.04. The summed E-state index contributed by atoms with van der Waals surface area (Å²) in [5, 5.41) is 2.92. The van der Waals surface area contributed by atoms with Gasteiger partial charge in [0.25, 0.3) is 5.91 Å². The molecular weight excluding hydrogens is 300 g/mol. The fourth-order valence-corrected chi connectivity index (χ4v) is 1.73.